The molecule has 0 aromatic carbocycles. The standard InChI is InChI=1S/C12H19N3O2S/c1-9-11(12(16)17)18-10(14-9)3-7-15-6-2-4-13-5-8-15/h13H,2-8H2,1H3,(H,16,17). The van der Waals surface area contributed by atoms with Crippen LogP contribution in [0.2, 0.25) is 0 Å². The van der Waals surface area contributed by atoms with E-state index >= 15 is 0 Å². The van der Waals surface area contributed by atoms with Crippen LogP contribution in [0.1, 0.15) is 26.8 Å². The van der Waals surface area contributed by atoms with Crippen molar-refractivity contribution >= 4 is 17.3 Å². The summed E-state index contributed by atoms with van der Waals surface area (Å²) in [5.41, 5.74) is 0.639. The number of nitrogens with zero attached hydrogens (tertiary/aromatic N) is 2. The lowest BCUT2D eigenvalue weighted by atomic mass is 10.3. The summed E-state index contributed by atoms with van der Waals surface area (Å²) < 4.78 is 0. The molecule has 5 nitrogen and oxygen atoms in total. The molecule has 100 valence electrons. The zero-order valence-electron chi connectivity index (χ0n) is 10.6. The fraction of sp³-hybridized carbons (Fsp3) is 0.667. The highest BCUT2D eigenvalue weighted by molar-refractivity contribution is 7.13. The Balaban J connectivity index is 1.89. The molecular weight excluding hydrogens is 250 g/mol. The Bertz CT molecular complexity index is 411. The Labute approximate surface area is 111 Å². The number of carbonyl (C=O) groups is 1. The Morgan fingerprint density at radius 1 is 1.50 bits per heavy atom. The summed E-state index contributed by atoms with van der Waals surface area (Å²) in [6.45, 7) is 7.04. The van der Waals surface area contributed by atoms with E-state index in [4.69, 9.17) is 5.11 Å². The largest absolute Gasteiger partial charge is 0.477 e. The van der Waals surface area contributed by atoms with Crippen molar-refractivity contribution in [1.29, 1.82) is 0 Å². The predicted molar refractivity (Wildman–Crippen MR) is 71.4 cm³/mol. The first-order valence-corrected chi connectivity index (χ1v) is 7.11. The number of aryl methyl sites for hydroxylation is 1. The maximum Gasteiger partial charge on any atom is 0.347 e. The van der Waals surface area contributed by atoms with Gasteiger partial charge in [-0.25, -0.2) is 9.78 Å². The van der Waals surface area contributed by atoms with Gasteiger partial charge < -0.3 is 15.3 Å². The molecule has 0 radical (unpaired) electrons. The van der Waals surface area contributed by atoms with Gasteiger partial charge in [-0.2, -0.15) is 0 Å². The molecule has 0 amide bonds. The third-order valence-corrected chi connectivity index (χ3v) is 4.31. The number of hydrogen-bond acceptors (Lipinski definition) is 5. The highest BCUT2D eigenvalue weighted by Crippen LogP contribution is 2.18. The topological polar surface area (TPSA) is 65.5 Å². The molecule has 6 heteroatoms. The first-order valence-electron chi connectivity index (χ1n) is 6.29. The van der Waals surface area contributed by atoms with Gasteiger partial charge in [-0.1, -0.05) is 0 Å². The van der Waals surface area contributed by atoms with Crippen molar-refractivity contribution in [3.05, 3.63) is 15.6 Å². The summed E-state index contributed by atoms with van der Waals surface area (Å²) in [6.07, 6.45) is 2.02. The molecular formula is C12H19N3O2S. The molecule has 1 aliphatic heterocycles. The number of thiazole rings is 1. The Hall–Kier alpha value is -0.980. The summed E-state index contributed by atoms with van der Waals surface area (Å²) >= 11 is 1.31. The Morgan fingerprint density at radius 3 is 3.06 bits per heavy atom. The Kier molecular flexibility index (Phi) is 4.68. The maximum atomic E-state index is 10.9. The monoisotopic (exact) mass is 269 g/mol. The van der Waals surface area contributed by atoms with Crippen molar-refractivity contribution in [3.63, 3.8) is 0 Å². The number of carboxylic acids is 1. The van der Waals surface area contributed by atoms with Crippen molar-refractivity contribution in [2.45, 2.75) is 19.8 Å². The van der Waals surface area contributed by atoms with E-state index in [2.05, 4.69) is 15.2 Å². The molecule has 1 aromatic rings. The molecule has 0 aliphatic carbocycles. The zero-order valence-corrected chi connectivity index (χ0v) is 11.4. The highest BCUT2D eigenvalue weighted by Gasteiger charge is 2.15. The van der Waals surface area contributed by atoms with Crippen molar-refractivity contribution in [1.82, 2.24) is 15.2 Å². The molecule has 1 aromatic heterocycles. The van der Waals surface area contributed by atoms with E-state index in [0.29, 0.717) is 10.6 Å². The third kappa shape index (κ3) is 3.51. The molecule has 18 heavy (non-hydrogen) atoms. The molecule has 1 aliphatic rings. The molecule has 1 fully saturated rings. The van der Waals surface area contributed by atoms with Crippen molar-refractivity contribution in [3.8, 4) is 0 Å². The molecule has 2 heterocycles. The van der Waals surface area contributed by atoms with Crippen LogP contribution in [0.4, 0.5) is 0 Å². The average molecular weight is 269 g/mol. The minimum absolute atomic E-state index is 0.377. The SMILES string of the molecule is Cc1nc(CCN2CCCNCC2)sc1C(=O)O. The van der Waals surface area contributed by atoms with Gasteiger partial charge in [-0.15, -0.1) is 11.3 Å². The fourth-order valence-corrected chi connectivity index (χ4v) is 3.03. The van der Waals surface area contributed by atoms with E-state index in [0.717, 1.165) is 44.2 Å². The van der Waals surface area contributed by atoms with Crippen molar-refractivity contribution in [2.24, 2.45) is 0 Å². The van der Waals surface area contributed by atoms with Crippen molar-refractivity contribution < 1.29 is 9.90 Å². The lowest BCUT2D eigenvalue weighted by Crippen LogP contribution is -2.30. The van der Waals surface area contributed by atoms with Crippen LogP contribution < -0.4 is 5.32 Å². The van der Waals surface area contributed by atoms with Gasteiger partial charge in [-0.3, -0.25) is 0 Å². The predicted octanol–water partition coefficient (Wildman–Crippen LogP) is 0.988. The van der Waals surface area contributed by atoms with E-state index in [9.17, 15) is 4.79 Å². The van der Waals surface area contributed by atoms with Gasteiger partial charge in [0, 0.05) is 26.1 Å². The number of rotatable bonds is 4. The van der Waals surface area contributed by atoms with Gasteiger partial charge in [0.1, 0.15) is 4.88 Å². The number of nitrogens with one attached hydrogen (secondary N) is 1. The normalized spacial score (nSPS) is 17.6. The van der Waals surface area contributed by atoms with Gasteiger partial charge in [0.05, 0.1) is 10.7 Å². The van der Waals surface area contributed by atoms with Gasteiger partial charge >= 0.3 is 5.97 Å². The van der Waals surface area contributed by atoms with Crippen LogP contribution in [0.3, 0.4) is 0 Å². The Morgan fingerprint density at radius 2 is 2.33 bits per heavy atom. The first-order chi connectivity index (χ1) is 8.66. The minimum atomic E-state index is -0.866. The third-order valence-electron chi connectivity index (χ3n) is 3.11. The molecule has 0 bridgehead atoms. The fourth-order valence-electron chi connectivity index (χ4n) is 2.14. The molecule has 0 spiro atoms. The van der Waals surface area contributed by atoms with E-state index in [-0.39, 0.29) is 0 Å². The van der Waals surface area contributed by atoms with Crippen LogP contribution in [0, 0.1) is 6.92 Å². The van der Waals surface area contributed by atoms with Gasteiger partial charge in [0.2, 0.25) is 0 Å². The first kappa shape index (κ1) is 13.5. The molecule has 2 rings (SSSR count). The number of aromatic nitrogens is 1. The van der Waals surface area contributed by atoms with Crippen LogP contribution in [0.15, 0.2) is 0 Å². The van der Waals surface area contributed by atoms with Crippen molar-refractivity contribution in [2.75, 3.05) is 32.7 Å². The number of aromatic carboxylic acids is 1. The molecule has 0 saturated carbocycles. The van der Waals surface area contributed by atoms with Gasteiger partial charge in [0.15, 0.2) is 0 Å². The second-order valence-electron chi connectivity index (χ2n) is 4.52. The molecule has 2 N–H and O–H groups in total. The van der Waals surface area contributed by atoms with Gasteiger partial charge in [-0.05, 0) is 26.4 Å². The smallest absolute Gasteiger partial charge is 0.347 e. The van der Waals surface area contributed by atoms with Crippen LogP contribution in [-0.2, 0) is 6.42 Å². The summed E-state index contributed by atoms with van der Waals surface area (Å²) in [5.74, 6) is -0.866. The van der Waals surface area contributed by atoms with E-state index in [1.165, 1.54) is 17.8 Å². The van der Waals surface area contributed by atoms with Crippen LogP contribution in [-0.4, -0.2) is 53.7 Å². The van der Waals surface area contributed by atoms with Crippen LogP contribution >= 0.6 is 11.3 Å². The van der Waals surface area contributed by atoms with E-state index in [1.807, 2.05) is 0 Å². The molecule has 0 atom stereocenters. The average Bonchev–Trinajstić information content (AvgIpc) is 2.55. The van der Waals surface area contributed by atoms with Crippen LogP contribution in [0.25, 0.3) is 0 Å². The second-order valence-corrected chi connectivity index (χ2v) is 5.61. The molecule has 1 saturated heterocycles. The summed E-state index contributed by atoms with van der Waals surface area (Å²) in [5, 5.41) is 13.3. The van der Waals surface area contributed by atoms with Gasteiger partial charge in [0.25, 0.3) is 0 Å². The molecule has 0 unspecified atom stereocenters. The minimum Gasteiger partial charge on any atom is -0.477 e. The highest BCUT2D eigenvalue weighted by atomic mass is 32.1. The summed E-state index contributed by atoms with van der Waals surface area (Å²) in [7, 11) is 0. The van der Waals surface area contributed by atoms with E-state index < -0.39 is 5.97 Å². The summed E-state index contributed by atoms with van der Waals surface area (Å²) in [6, 6.07) is 0. The lowest BCUT2D eigenvalue weighted by Gasteiger charge is -2.18. The number of hydrogen-bond donors (Lipinski definition) is 2. The quantitative estimate of drug-likeness (QED) is 0.853. The number of carboxylic acid groups (broad SMARTS) is 1. The lowest BCUT2D eigenvalue weighted by molar-refractivity contribution is 0.0701. The van der Waals surface area contributed by atoms with Crippen LogP contribution in [0.5, 0.6) is 0 Å². The van der Waals surface area contributed by atoms with E-state index in [1.54, 1.807) is 6.92 Å². The second kappa shape index (κ2) is 6.26. The maximum absolute atomic E-state index is 10.9. The summed E-state index contributed by atoms with van der Waals surface area (Å²) in [4.78, 5) is 18.1. The zero-order chi connectivity index (χ0) is 13.0.